The van der Waals surface area contributed by atoms with Crippen LogP contribution in [0.4, 0.5) is 5.69 Å². The summed E-state index contributed by atoms with van der Waals surface area (Å²) in [4.78, 5) is 17.1. The van der Waals surface area contributed by atoms with Crippen LogP contribution in [0, 0.1) is 11.3 Å². The Morgan fingerprint density at radius 3 is 2.79 bits per heavy atom. The zero-order valence-corrected chi connectivity index (χ0v) is 18.1. The molecular weight excluding hydrogens is 395 g/mol. The standard InChI is InChI=1S/C21H28N4O.2ClH/c1-15(2)19-23-10-11-25(19)14-16-4-3-5-17(12-16)24-20(26)18-13-21(18)6-8-22-9-7-21;;/h3-5,10-12,15,18,22H,6-9,13-14H2,1-2H3,(H,24,26);2*1H. The number of amides is 1. The first-order chi connectivity index (χ1) is 12.6. The van der Waals surface area contributed by atoms with E-state index in [1.807, 2.05) is 24.5 Å². The average Bonchev–Trinajstić information content (AvgIpc) is 3.10. The molecule has 2 heterocycles. The van der Waals surface area contributed by atoms with Crippen LogP contribution in [0.15, 0.2) is 36.7 Å². The summed E-state index contributed by atoms with van der Waals surface area (Å²) in [5.74, 6) is 1.86. The molecule has 1 unspecified atom stereocenters. The number of piperidine rings is 1. The first-order valence-corrected chi connectivity index (χ1v) is 9.69. The highest BCUT2D eigenvalue weighted by Gasteiger charge is 2.57. The van der Waals surface area contributed by atoms with Crippen LogP contribution in [0.5, 0.6) is 0 Å². The largest absolute Gasteiger partial charge is 0.330 e. The smallest absolute Gasteiger partial charge is 0.228 e. The lowest BCUT2D eigenvalue weighted by molar-refractivity contribution is -0.118. The number of anilines is 1. The van der Waals surface area contributed by atoms with Gasteiger partial charge in [0.25, 0.3) is 0 Å². The molecule has 28 heavy (non-hydrogen) atoms. The Labute approximate surface area is 179 Å². The van der Waals surface area contributed by atoms with Crippen molar-refractivity contribution in [2.75, 3.05) is 18.4 Å². The number of nitrogens with one attached hydrogen (secondary N) is 2. The predicted molar refractivity (Wildman–Crippen MR) is 118 cm³/mol. The van der Waals surface area contributed by atoms with Crippen molar-refractivity contribution in [1.82, 2.24) is 14.9 Å². The number of halogens is 2. The highest BCUT2D eigenvalue weighted by atomic mass is 35.5. The molecule has 1 aromatic carbocycles. The fraction of sp³-hybridized carbons (Fsp3) is 0.524. The molecule has 1 spiro atoms. The Morgan fingerprint density at radius 1 is 1.32 bits per heavy atom. The van der Waals surface area contributed by atoms with Gasteiger partial charge in [0.1, 0.15) is 5.82 Å². The zero-order valence-electron chi connectivity index (χ0n) is 16.5. The highest BCUT2D eigenvalue weighted by molar-refractivity contribution is 5.95. The van der Waals surface area contributed by atoms with E-state index in [9.17, 15) is 4.79 Å². The lowest BCUT2D eigenvalue weighted by Crippen LogP contribution is -2.31. The van der Waals surface area contributed by atoms with Crippen LogP contribution in [0.1, 0.15) is 50.4 Å². The van der Waals surface area contributed by atoms with Gasteiger partial charge in [0.15, 0.2) is 0 Å². The van der Waals surface area contributed by atoms with Crippen LogP contribution in [-0.4, -0.2) is 28.5 Å². The highest BCUT2D eigenvalue weighted by Crippen LogP contribution is 2.58. The Kier molecular flexibility index (Phi) is 7.54. The molecule has 5 nitrogen and oxygen atoms in total. The van der Waals surface area contributed by atoms with Crippen molar-refractivity contribution in [2.24, 2.45) is 11.3 Å². The van der Waals surface area contributed by atoms with Crippen molar-refractivity contribution < 1.29 is 4.79 Å². The van der Waals surface area contributed by atoms with Gasteiger partial charge in [-0.25, -0.2) is 4.98 Å². The van der Waals surface area contributed by atoms with Gasteiger partial charge < -0.3 is 15.2 Å². The predicted octanol–water partition coefficient (Wildman–Crippen LogP) is 4.23. The molecule has 0 bridgehead atoms. The fourth-order valence-corrected chi connectivity index (χ4v) is 4.32. The summed E-state index contributed by atoms with van der Waals surface area (Å²) in [7, 11) is 0. The fourth-order valence-electron chi connectivity index (χ4n) is 4.32. The van der Waals surface area contributed by atoms with Gasteiger partial charge in [-0.05, 0) is 55.5 Å². The zero-order chi connectivity index (χ0) is 18.1. The number of carbonyl (C=O) groups is 1. The molecule has 4 rings (SSSR count). The van der Waals surface area contributed by atoms with Gasteiger partial charge in [0.2, 0.25) is 5.91 Å². The van der Waals surface area contributed by atoms with Crippen molar-refractivity contribution in [1.29, 1.82) is 0 Å². The van der Waals surface area contributed by atoms with Crippen LogP contribution in [0.25, 0.3) is 0 Å². The van der Waals surface area contributed by atoms with Crippen LogP contribution < -0.4 is 10.6 Å². The third kappa shape index (κ3) is 4.70. The van der Waals surface area contributed by atoms with Crippen molar-refractivity contribution in [3.8, 4) is 0 Å². The van der Waals surface area contributed by atoms with Gasteiger partial charge in [-0.3, -0.25) is 4.79 Å². The summed E-state index contributed by atoms with van der Waals surface area (Å²) in [5.41, 5.74) is 2.35. The number of carbonyl (C=O) groups excluding carboxylic acids is 1. The lowest BCUT2D eigenvalue weighted by atomic mass is 9.92. The number of rotatable bonds is 5. The Bertz CT molecular complexity index is 799. The van der Waals surface area contributed by atoms with Crippen LogP contribution in [-0.2, 0) is 11.3 Å². The van der Waals surface area contributed by atoms with E-state index in [1.54, 1.807) is 0 Å². The molecule has 1 aliphatic carbocycles. The second-order valence-electron chi connectivity index (χ2n) is 8.13. The number of hydrogen-bond donors (Lipinski definition) is 2. The average molecular weight is 425 g/mol. The monoisotopic (exact) mass is 424 g/mol. The van der Waals surface area contributed by atoms with Crippen LogP contribution >= 0.6 is 24.8 Å². The molecule has 1 amide bonds. The molecule has 1 saturated carbocycles. The summed E-state index contributed by atoms with van der Waals surface area (Å²) in [6.45, 7) is 7.17. The van der Waals surface area contributed by atoms with Gasteiger partial charge in [0.05, 0.1) is 0 Å². The Morgan fingerprint density at radius 2 is 2.07 bits per heavy atom. The normalized spacial score (nSPS) is 19.6. The van der Waals surface area contributed by atoms with E-state index in [0.717, 1.165) is 50.4 Å². The van der Waals surface area contributed by atoms with Crippen molar-refractivity contribution in [2.45, 2.75) is 45.6 Å². The maximum Gasteiger partial charge on any atom is 0.228 e. The van der Waals surface area contributed by atoms with Gasteiger partial charge in [-0.1, -0.05) is 26.0 Å². The first-order valence-electron chi connectivity index (χ1n) is 9.69. The molecule has 1 aromatic heterocycles. The molecule has 1 saturated heterocycles. The number of aromatic nitrogens is 2. The minimum atomic E-state index is 0. The minimum Gasteiger partial charge on any atom is -0.330 e. The quantitative estimate of drug-likeness (QED) is 0.754. The molecule has 2 aromatic rings. The molecule has 1 aliphatic heterocycles. The molecule has 1 atom stereocenters. The summed E-state index contributed by atoms with van der Waals surface area (Å²) in [5, 5.41) is 6.54. The van der Waals surface area contributed by atoms with E-state index < -0.39 is 0 Å². The second kappa shape index (κ2) is 9.29. The van der Waals surface area contributed by atoms with Gasteiger partial charge in [0, 0.05) is 36.5 Å². The summed E-state index contributed by atoms with van der Waals surface area (Å²) < 4.78 is 2.18. The maximum atomic E-state index is 12.7. The molecule has 7 heteroatoms. The third-order valence-corrected chi connectivity index (χ3v) is 5.92. The molecule has 0 radical (unpaired) electrons. The van der Waals surface area contributed by atoms with Crippen molar-refractivity contribution in [3.63, 3.8) is 0 Å². The first kappa shape index (κ1) is 22.7. The second-order valence-corrected chi connectivity index (χ2v) is 8.13. The molecule has 2 fully saturated rings. The Balaban J connectivity index is 0.00000140. The van der Waals surface area contributed by atoms with E-state index in [1.165, 1.54) is 5.56 Å². The maximum absolute atomic E-state index is 12.7. The topological polar surface area (TPSA) is 59.0 Å². The molecule has 2 aliphatic rings. The van der Waals surface area contributed by atoms with Gasteiger partial charge in [-0.15, -0.1) is 24.8 Å². The number of nitrogens with zero attached hydrogens (tertiary/aromatic N) is 2. The minimum absolute atomic E-state index is 0. The summed E-state index contributed by atoms with van der Waals surface area (Å²) >= 11 is 0. The van der Waals surface area contributed by atoms with E-state index in [4.69, 9.17) is 0 Å². The number of imidazole rings is 1. The van der Waals surface area contributed by atoms with E-state index in [2.05, 4.69) is 46.2 Å². The van der Waals surface area contributed by atoms with E-state index in [-0.39, 0.29) is 42.1 Å². The van der Waals surface area contributed by atoms with Gasteiger partial charge in [-0.2, -0.15) is 0 Å². The van der Waals surface area contributed by atoms with Crippen LogP contribution in [0.3, 0.4) is 0 Å². The summed E-state index contributed by atoms with van der Waals surface area (Å²) in [6.07, 6.45) is 7.18. The molecule has 154 valence electrons. The van der Waals surface area contributed by atoms with E-state index in [0.29, 0.717) is 5.92 Å². The SMILES string of the molecule is CC(C)c1nccn1Cc1cccc(NC(=O)C2CC23CCNCC3)c1.Cl.Cl. The third-order valence-electron chi connectivity index (χ3n) is 5.92. The van der Waals surface area contributed by atoms with Crippen molar-refractivity contribution in [3.05, 3.63) is 48.0 Å². The summed E-state index contributed by atoms with van der Waals surface area (Å²) in [6, 6.07) is 8.19. The van der Waals surface area contributed by atoms with E-state index >= 15 is 0 Å². The number of hydrogen-bond acceptors (Lipinski definition) is 3. The van der Waals surface area contributed by atoms with Crippen LogP contribution in [0.2, 0.25) is 0 Å². The lowest BCUT2D eigenvalue weighted by Gasteiger charge is -2.23. The molecule has 2 N–H and O–H groups in total. The molecular formula is C21H30Cl2N4O. The Hall–Kier alpha value is -1.56. The van der Waals surface area contributed by atoms with Gasteiger partial charge >= 0.3 is 0 Å². The van der Waals surface area contributed by atoms with Crippen molar-refractivity contribution >= 4 is 36.4 Å². The number of benzene rings is 1.